The summed E-state index contributed by atoms with van der Waals surface area (Å²) in [5.74, 6) is -1.04. The number of anilines is 1. The van der Waals surface area contributed by atoms with Gasteiger partial charge in [0.15, 0.2) is 6.10 Å². The molecule has 2 aromatic carbocycles. The smallest absolute Gasteiger partial charge is 0.324 e. The molecule has 0 aliphatic rings. The fourth-order valence-corrected chi connectivity index (χ4v) is 3.59. The number of carbonyl (C=O) groups is 2. The number of hydrogen-bond acceptors (Lipinski definition) is 6. The van der Waals surface area contributed by atoms with Crippen molar-refractivity contribution in [1.29, 1.82) is 0 Å². The fourth-order valence-electron chi connectivity index (χ4n) is 2.27. The number of hydrogen-bond donors (Lipinski definition) is 2. The van der Waals surface area contributed by atoms with Crippen LogP contribution in [0.3, 0.4) is 0 Å². The molecule has 2 N–H and O–H groups in total. The highest BCUT2D eigenvalue weighted by atomic mass is 35.5. The summed E-state index contributed by atoms with van der Waals surface area (Å²) in [5, 5.41) is 2.97. The van der Waals surface area contributed by atoms with Crippen molar-refractivity contribution >= 4 is 39.2 Å². The topological polar surface area (TPSA) is 111 Å². The summed E-state index contributed by atoms with van der Waals surface area (Å²) in [7, 11) is -2.50. The predicted molar refractivity (Wildman–Crippen MR) is 108 cm³/mol. The van der Waals surface area contributed by atoms with E-state index in [1.54, 1.807) is 24.3 Å². The summed E-state index contributed by atoms with van der Waals surface area (Å²) >= 11 is 5.75. The van der Waals surface area contributed by atoms with E-state index in [4.69, 9.17) is 21.1 Å². The molecule has 2 aromatic rings. The zero-order valence-electron chi connectivity index (χ0n) is 16.0. The molecule has 0 fully saturated rings. The molecule has 1 amide bonds. The van der Waals surface area contributed by atoms with E-state index >= 15 is 0 Å². The molecule has 0 saturated carbocycles. The molecule has 2 rings (SSSR count). The third-order valence-electron chi connectivity index (χ3n) is 3.84. The second-order valence-corrected chi connectivity index (χ2v) is 8.22. The van der Waals surface area contributed by atoms with Crippen molar-refractivity contribution in [2.45, 2.75) is 30.9 Å². The number of para-hydroxylation sites is 2. The largest absolute Gasteiger partial charge is 0.495 e. The Bertz CT molecular complexity index is 978. The Morgan fingerprint density at radius 1 is 1.03 bits per heavy atom. The van der Waals surface area contributed by atoms with Crippen molar-refractivity contribution in [3.05, 3.63) is 53.6 Å². The predicted octanol–water partition coefficient (Wildman–Crippen LogP) is 2.59. The molecule has 0 aromatic heterocycles. The number of amides is 1. The standard InChI is InChI=1S/C19H21ClN2O6S/c1-12(22-29(25,26)15-10-8-14(20)9-11-15)19(24)28-13(2)18(23)21-16-6-4-5-7-17(16)27-3/h4-13,22H,1-3H3,(H,21,23)/t12-,13+/m1/s1. The third-order valence-corrected chi connectivity index (χ3v) is 5.65. The van der Waals surface area contributed by atoms with Crippen LogP contribution in [0.2, 0.25) is 5.02 Å². The van der Waals surface area contributed by atoms with Crippen LogP contribution in [0.1, 0.15) is 13.8 Å². The van der Waals surface area contributed by atoms with E-state index in [9.17, 15) is 18.0 Å². The summed E-state index contributed by atoms with van der Waals surface area (Å²) in [4.78, 5) is 24.5. The molecule has 0 spiro atoms. The van der Waals surface area contributed by atoms with Crippen LogP contribution in [0.5, 0.6) is 5.75 Å². The van der Waals surface area contributed by atoms with Gasteiger partial charge >= 0.3 is 5.97 Å². The molecule has 0 aliphatic carbocycles. The maximum atomic E-state index is 12.3. The molecule has 10 heteroatoms. The monoisotopic (exact) mass is 440 g/mol. The number of esters is 1. The van der Waals surface area contributed by atoms with Crippen molar-refractivity contribution in [3.8, 4) is 5.75 Å². The number of carbonyl (C=O) groups excluding carboxylic acids is 2. The molecule has 0 unspecified atom stereocenters. The SMILES string of the molecule is COc1ccccc1NC(=O)[C@H](C)OC(=O)[C@@H](C)NS(=O)(=O)c1ccc(Cl)cc1. The van der Waals surface area contributed by atoms with Gasteiger partial charge in [0.05, 0.1) is 17.7 Å². The van der Waals surface area contributed by atoms with Crippen molar-refractivity contribution in [2.24, 2.45) is 0 Å². The molecule has 0 aliphatic heterocycles. The number of methoxy groups -OCH3 is 1. The molecular formula is C19H21ClN2O6S. The lowest BCUT2D eigenvalue weighted by Crippen LogP contribution is -2.42. The van der Waals surface area contributed by atoms with Crippen LogP contribution in [0.15, 0.2) is 53.4 Å². The molecule has 29 heavy (non-hydrogen) atoms. The van der Waals surface area contributed by atoms with Gasteiger partial charge in [-0.15, -0.1) is 0 Å². The van der Waals surface area contributed by atoms with Gasteiger partial charge < -0.3 is 14.8 Å². The van der Waals surface area contributed by atoms with E-state index < -0.39 is 34.0 Å². The summed E-state index contributed by atoms with van der Waals surface area (Å²) in [5.41, 5.74) is 0.416. The maximum absolute atomic E-state index is 12.3. The number of halogens is 1. The van der Waals surface area contributed by atoms with E-state index in [1.165, 1.54) is 45.2 Å². The first kappa shape index (κ1) is 22.7. The van der Waals surface area contributed by atoms with E-state index in [0.717, 1.165) is 0 Å². The minimum atomic E-state index is -3.96. The highest BCUT2D eigenvalue weighted by molar-refractivity contribution is 7.89. The number of ether oxygens (including phenoxy) is 2. The van der Waals surface area contributed by atoms with E-state index in [-0.39, 0.29) is 4.90 Å². The first-order chi connectivity index (χ1) is 13.6. The Balaban J connectivity index is 1.97. The minimum Gasteiger partial charge on any atom is -0.495 e. The van der Waals surface area contributed by atoms with Gasteiger partial charge in [-0.1, -0.05) is 23.7 Å². The van der Waals surface area contributed by atoms with Crippen LogP contribution >= 0.6 is 11.6 Å². The van der Waals surface area contributed by atoms with Crippen molar-refractivity contribution in [3.63, 3.8) is 0 Å². The number of sulfonamides is 1. The number of nitrogens with one attached hydrogen (secondary N) is 2. The molecule has 0 saturated heterocycles. The van der Waals surface area contributed by atoms with Crippen LogP contribution < -0.4 is 14.8 Å². The van der Waals surface area contributed by atoms with E-state index in [2.05, 4.69) is 10.0 Å². The number of benzene rings is 2. The molecule has 0 bridgehead atoms. The minimum absolute atomic E-state index is 0.0523. The average Bonchev–Trinajstić information content (AvgIpc) is 2.68. The van der Waals surface area contributed by atoms with Crippen molar-refractivity contribution in [2.75, 3.05) is 12.4 Å². The normalized spacial score (nSPS) is 13.2. The highest BCUT2D eigenvalue weighted by Crippen LogP contribution is 2.23. The summed E-state index contributed by atoms with van der Waals surface area (Å²) in [6.07, 6.45) is -1.16. The summed E-state index contributed by atoms with van der Waals surface area (Å²) in [6, 6.07) is 11.0. The number of rotatable bonds is 8. The van der Waals surface area contributed by atoms with Gasteiger partial charge in [0.1, 0.15) is 11.8 Å². The highest BCUT2D eigenvalue weighted by Gasteiger charge is 2.26. The third kappa shape index (κ3) is 6.18. The van der Waals surface area contributed by atoms with E-state index in [1.807, 2.05) is 0 Å². The lowest BCUT2D eigenvalue weighted by Gasteiger charge is -2.18. The van der Waals surface area contributed by atoms with Gasteiger partial charge in [-0.05, 0) is 50.2 Å². The Hall–Kier alpha value is -2.62. The van der Waals surface area contributed by atoms with E-state index in [0.29, 0.717) is 16.5 Å². The average molecular weight is 441 g/mol. The molecule has 0 heterocycles. The second kappa shape index (κ2) is 9.73. The summed E-state index contributed by atoms with van der Waals surface area (Å²) in [6.45, 7) is 2.70. The van der Waals surface area contributed by atoms with Gasteiger partial charge in [-0.2, -0.15) is 4.72 Å². The van der Waals surface area contributed by atoms with Crippen LogP contribution in [0.25, 0.3) is 0 Å². The Morgan fingerprint density at radius 3 is 2.28 bits per heavy atom. The zero-order chi connectivity index (χ0) is 21.6. The van der Waals surface area contributed by atoms with Gasteiger partial charge in [-0.25, -0.2) is 8.42 Å². The lowest BCUT2D eigenvalue weighted by atomic mass is 10.2. The van der Waals surface area contributed by atoms with Crippen LogP contribution in [-0.2, 0) is 24.3 Å². The molecule has 8 nitrogen and oxygen atoms in total. The van der Waals surface area contributed by atoms with Crippen molar-refractivity contribution in [1.82, 2.24) is 4.72 Å². The maximum Gasteiger partial charge on any atom is 0.324 e. The van der Waals surface area contributed by atoms with Crippen LogP contribution in [-0.4, -0.2) is 39.5 Å². The lowest BCUT2D eigenvalue weighted by molar-refractivity contribution is -0.154. The Kier molecular flexibility index (Phi) is 7.60. The van der Waals surface area contributed by atoms with Crippen LogP contribution in [0.4, 0.5) is 5.69 Å². The second-order valence-electron chi connectivity index (χ2n) is 6.07. The van der Waals surface area contributed by atoms with Gasteiger partial charge in [0, 0.05) is 5.02 Å². The van der Waals surface area contributed by atoms with Crippen LogP contribution in [0, 0.1) is 0 Å². The van der Waals surface area contributed by atoms with Crippen molar-refractivity contribution < 1.29 is 27.5 Å². The van der Waals surface area contributed by atoms with Gasteiger partial charge in [0.25, 0.3) is 5.91 Å². The first-order valence-electron chi connectivity index (χ1n) is 8.56. The molecule has 156 valence electrons. The first-order valence-corrected chi connectivity index (χ1v) is 10.4. The molecule has 2 atom stereocenters. The Labute approximate surface area is 174 Å². The molecular weight excluding hydrogens is 420 g/mol. The zero-order valence-corrected chi connectivity index (χ0v) is 17.6. The quantitative estimate of drug-likeness (QED) is 0.610. The van der Waals surface area contributed by atoms with Gasteiger partial charge in [0.2, 0.25) is 10.0 Å². The Morgan fingerprint density at radius 2 is 1.66 bits per heavy atom. The fraction of sp³-hybridized carbons (Fsp3) is 0.263. The summed E-state index contributed by atoms with van der Waals surface area (Å²) < 4.78 is 37.1. The molecule has 0 radical (unpaired) electrons. The van der Waals surface area contributed by atoms with Gasteiger partial charge in [-0.3, -0.25) is 9.59 Å².